The Morgan fingerprint density at radius 3 is 2.00 bits per heavy atom. The number of nitrogens with zero attached hydrogens (tertiary/aromatic N) is 1. The van der Waals surface area contributed by atoms with E-state index in [0.29, 0.717) is 0 Å². The fourth-order valence-electron chi connectivity index (χ4n) is 1.18. The second kappa shape index (κ2) is 4.99. The summed E-state index contributed by atoms with van der Waals surface area (Å²) in [6.45, 7) is 0. The van der Waals surface area contributed by atoms with Crippen molar-refractivity contribution >= 4 is 24.0 Å². The largest absolute Gasteiger partial charge is 0.210 e. The first-order valence-electron chi connectivity index (χ1n) is 4.08. The van der Waals surface area contributed by atoms with Crippen LogP contribution in [0.3, 0.4) is 0 Å². The highest BCUT2D eigenvalue weighted by atomic mass is 35.5. The normalized spacial score (nSPS) is 9.21. The van der Waals surface area contributed by atoms with Crippen LogP contribution < -0.4 is 4.57 Å². The Morgan fingerprint density at radius 1 is 0.857 bits per heavy atom. The van der Waals surface area contributed by atoms with Crippen LogP contribution in [0.4, 0.5) is 0 Å². The molecule has 0 amide bonds. The maximum Gasteiger partial charge on any atom is 0.210 e. The molecule has 0 unspecified atom stereocenters. The molecular weight excluding hydrogens is 217 g/mol. The average molecular weight is 227 g/mol. The van der Waals surface area contributed by atoms with Crippen LogP contribution >= 0.6 is 24.0 Å². The third kappa shape index (κ3) is 2.47. The van der Waals surface area contributed by atoms with Gasteiger partial charge in [0.05, 0.1) is 0 Å². The molecule has 2 aromatic rings. The van der Waals surface area contributed by atoms with Crippen LogP contribution in [0.1, 0.15) is 0 Å². The van der Waals surface area contributed by atoms with Crippen molar-refractivity contribution in [3.8, 4) is 5.69 Å². The lowest BCUT2D eigenvalue weighted by atomic mass is 10.3. The molecular formula is C11H10Cl2N+. The van der Waals surface area contributed by atoms with E-state index in [9.17, 15) is 0 Å². The summed E-state index contributed by atoms with van der Waals surface area (Å²) >= 11 is 5.79. The summed E-state index contributed by atoms with van der Waals surface area (Å²) in [5, 5.41) is 0.764. The van der Waals surface area contributed by atoms with E-state index in [4.69, 9.17) is 11.6 Å². The number of hydrogen-bond acceptors (Lipinski definition) is 0. The molecule has 3 heteroatoms. The molecule has 0 fully saturated rings. The minimum Gasteiger partial charge on any atom is -0.167 e. The van der Waals surface area contributed by atoms with Crippen molar-refractivity contribution in [2.24, 2.45) is 0 Å². The quantitative estimate of drug-likeness (QED) is 0.659. The van der Waals surface area contributed by atoms with Crippen LogP contribution in [0.2, 0.25) is 5.02 Å². The highest BCUT2D eigenvalue weighted by molar-refractivity contribution is 6.30. The van der Waals surface area contributed by atoms with E-state index in [1.54, 1.807) is 0 Å². The molecule has 72 valence electrons. The van der Waals surface area contributed by atoms with E-state index in [2.05, 4.69) is 0 Å². The van der Waals surface area contributed by atoms with Crippen LogP contribution in [-0.2, 0) is 0 Å². The third-order valence-electron chi connectivity index (χ3n) is 1.84. The van der Waals surface area contributed by atoms with Gasteiger partial charge in [0.25, 0.3) is 0 Å². The number of hydrogen-bond donors (Lipinski definition) is 0. The first-order valence-corrected chi connectivity index (χ1v) is 4.46. The molecule has 0 saturated carbocycles. The Morgan fingerprint density at radius 2 is 1.43 bits per heavy atom. The molecule has 0 spiro atoms. The van der Waals surface area contributed by atoms with Crippen molar-refractivity contribution in [3.05, 3.63) is 59.9 Å². The summed E-state index contributed by atoms with van der Waals surface area (Å²) in [6.07, 6.45) is 4.01. The Kier molecular flexibility index (Phi) is 3.93. The van der Waals surface area contributed by atoms with Gasteiger partial charge in [0.1, 0.15) is 0 Å². The Labute approximate surface area is 94.4 Å². The lowest BCUT2D eigenvalue weighted by Crippen LogP contribution is -2.28. The van der Waals surface area contributed by atoms with Gasteiger partial charge in [0.15, 0.2) is 12.4 Å². The van der Waals surface area contributed by atoms with E-state index in [1.807, 2.05) is 59.4 Å². The first-order chi connectivity index (χ1) is 6.36. The van der Waals surface area contributed by atoms with Crippen molar-refractivity contribution < 1.29 is 4.57 Å². The summed E-state index contributed by atoms with van der Waals surface area (Å²) < 4.78 is 2.04. The molecule has 1 nitrogen and oxygen atoms in total. The van der Waals surface area contributed by atoms with Gasteiger partial charge in [-0.3, -0.25) is 0 Å². The standard InChI is InChI=1S/C11H9ClN.ClH/c12-10-4-6-11(7-5-10)13-8-2-1-3-9-13;/h1-9H;1H/q+1;. The minimum absolute atomic E-state index is 0. The second-order valence-corrected chi connectivity index (χ2v) is 3.20. The summed E-state index contributed by atoms with van der Waals surface area (Å²) in [4.78, 5) is 0. The zero-order chi connectivity index (χ0) is 9.10. The van der Waals surface area contributed by atoms with Gasteiger partial charge in [-0.2, -0.15) is 4.57 Å². The lowest BCUT2D eigenvalue weighted by molar-refractivity contribution is -0.595. The molecule has 0 N–H and O–H groups in total. The van der Waals surface area contributed by atoms with E-state index in [0.717, 1.165) is 10.7 Å². The van der Waals surface area contributed by atoms with Crippen LogP contribution in [0.5, 0.6) is 0 Å². The van der Waals surface area contributed by atoms with Gasteiger partial charge in [-0.25, -0.2) is 0 Å². The highest BCUT2D eigenvalue weighted by Crippen LogP contribution is 2.08. The molecule has 0 bridgehead atoms. The Balaban J connectivity index is 0.000000980. The zero-order valence-electron chi connectivity index (χ0n) is 7.43. The van der Waals surface area contributed by atoms with Gasteiger partial charge < -0.3 is 0 Å². The maximum absolute atomic E-state index is 5.79. The van der Waals surface area contributed by atoms with Gasteiger partial charge in [-0.05, 0) is 12.1 Å². The van der Waals surface area contributed by atoms with Crippen molar-refractivity contribution in [3.63, 3.8) is 0 Å². The zero-order valence-corrected chi connectivity index (χ0v) is 9.00. The van der Waals surface area contributed by atoms with Crippen LogP contribution in [0.25, 0.3) is 5.69 Å². The Bertz CT molecular complexity index is 384. The SMILES string of the molecule is Cl.Clc1ccc(-[n+]2ccccc2)cc1. The number of pyridine rings is 1. The molecule has 2 rings (SSSR count). The monoisotopic (exact) mass is 226 g/mol. The molecule has 1 heterocycles. The number of benzene rings is 1. The number of aromatic nitrogens is 1. The van der Waals surface area contributed by atoms with E-state index in [1.165, 1.54) is 0 Å². The van der Waals surface area contributed by atoms with Crippen molar-refractivity contribution in [2.45, 2.75) is 0 Å². The van der Waals surface area contributed by atoms with Crippen LogP contribution in [0.15, 0.2) is 54.9 Å². The third-order valence-corrected chi connectivity index (χ3v) is 2.09. The molecule has 0 atom stereocenters. The van der Waals surface area contributed by atoms with Gasteiger partial charge in [-0.1, -0.05) is 17.7 Å². The van der Waals surface area contributed by atoms with Crippen molar-refractivity contribution in [2.75, 3.05) is 0 Å². The van der Waals surface area contributed by atoms with Gasteiger partial charge in [0.2, 0.25) is 5.69 Å². The highest BCUT2D eigenvalue weighted by Gasteiger charge is 2.01. The van der Waals surface area contributed by atoms with Crippen molar-refractivity contribution in [1.29, 1.82) is 0 Å². The lowest BCUT2D eigenvalue weighted by Gasteiger charge is -1.93. The van der Waals surface area contributed by atoms with Crippen LogP contribution in [0, 0.1) is 0 Å². The van der Waals surface area contributed by atoms with E-state index in [-0.39, 0.29) is 12.4 Å². The molecule has 0 aliphatic rings. The van der Waals surface area contributed by atoms with E-state index < -0.39 is 0 Å². The molecule has 0 aliphatic heterocycles. The average Bonchev–Trinajstić information content (AvgIpc) is 2.20. The summed E-state index contributed by atoms with van der Waals surface area (Å²) in [5.41, 5.74) is 1.12. The molecule has 14 heavy (non-hydrogen) atoms. The topological polar surface area (TPSA) is 3.88 Å². The summed E-state index contributed by atoms with van der Waals surface area (Å²) in [5.74, 6) is 0. The summed E-state index contributed by atoms with van der Waals surface area (Å²) in [6, 6.07) is 13.7. The van der Waals surface area contributed by atoms with Gasteiger partial charge in [0, 0.05) is 29.3 Å². The maximum atomic E-state index is 5.79. The molecule has 1 aromatic heterocycles. The predicted molar refractivity (Wildman–Crippen MR) is 60.2 cm³/mol. The smallest absolute Gasteiger partial charge is 0.167 e. The Hall–Kier alpha value is -1.05. The second-order valence-electron chi connectivity index (χ2n) is 2.76. The number of rotatable bonds is 1. The molecule has 0 aliphatic carbocycles. The van der Waals surface area contributed by atoms with E-state index >= 15 is 0 Å². The fraction of sp³-hybridized carbons (Fsp3) is 0. The van der Waals surface area contributed by atoms with Gasteiger partial charge >= 0.3 is 0 Å². The van der Waals surface area contributed by atoms with Crippen LogP contribution in [-0.4, -0.2) is 0 Å². The predicted octanol–water partition coefficient (Wildman–Crippen LogP) is 3.04. The van der Waals surface area contributed by atoms with Crippen molar-refractivity contribution in [1.82, 2.24) is 0 Å². The first kappa shape index (κ1) is 11.0. The summed E-state index contributed by atoms with van der Waals surface area (Å²) in [7, 11) is 0. The molecule has 0 saturated heterocycles. The number of halogens is 2. The minimum atomic E-state index is 0. The fourth-order valence-corrected chi connectivity index (χ4v) is 1.31. The molecule has 0 radical (unpaired) electrons. The molecule has 1 aromatic carbocycles. The van der Waals surface area contributed by atoms with Gasteiger partial charge in [-0.15, -0.1) is 12.4 Å².